The van der Waals surface area contributed by atoms with Crippen LogP contribution in [-0.2, 0) is 18.8 Å². The first-order valence-corrected chi connectivity index (χ1v) is 12.4. The topological polar surface area (TPSA) is 117 Å². The predicted molar refractivity (Wildman–Crippen MR) is 138 cm³/mol. The van der Waals surface area contributed by atoms with Crippen molar-refractivity contribution in [3.05, 3.63) is 53.0 Å². The van der Waals surface area contributed by atoms with Crippen LogP contribution in [0.25, 0.3) is 44.5 Å². The lowest BCUT2D eigenvalue weighted by Gasteiger charge is -2.34. The summed E-state index contributed by atoms with van der Waals surface area (Å²) in [5, 5.41) is 19.2. The van der Waals surface area contributed by atoms with Gasteiger partial charge in [0, 0.05) is 54.6 Å². The molecule has 0 spiro atoms. The molecular formula is C27H27N7O3. The van der Waals surface area contributed by atoms with E-state index in [-0.39, 0.29) is 23.9 Å². The summed E-state index contributed by atoms with van der Waals surface area (Å²) < 4.78 is 17.6. The van der Waals surface area contributed by atoms with E-state index < -0.39 is 0 Å². The monoisotopic (exact) mass is 497 g/mol. The Bertz CT molecular complexity index is 1750. The van der Waals surface area contributed by atoms with E-state index in [9.17, 15) is 10.1 Å². The van der Waals surface area contributed by atoms with Gasteiger partial charge in [-0.1, -0.05) is 6.92 Å². The first kappa shape index (κ1) is 23.2. The van der Waals surface area contributed by atoms with Gasteiger partial charge in [-0.15, -0.1) is 0 Å². The second-order valence-corrected chi connectivity index (χ2v) is 9.81. The number of rotatable bonds is 4. The number of hydrogen-bond acceptors (Lipinski definition) is 7. The number of hydrogen-bond donors (Lipinski definition) is 0. The fraction of sp³-hybridized carbons (Fsp3) is 0.370. The van der Waals surface area contributed by atoms with Crippen LogP contribution in [0.1, 0.15) is 44.7 Å². The molecule has 3 atom stereocenters. The van der Waals surface area contributed by atoms with Gasteiger partial charge in [0.2, 0.25) is 0 Å². The fourth-order valence-electron chi connectivity index (χ4n) is 5.49. The first-order valence-electron chi connectivity index (χ1n) is 12.4. The summed E-state index contributed by atoms with van der Waals surface area (Å²) in [6, 6.07) is 5.85. The van der Waals surface area contributed by atoms with Crippen LogP contribution in [0.3, 0.4) is 0 Å². The van der Waals surface area contributed by atoms with E-state index in [4.69, 9.17) is 9.15 Å². The number of fused-ring (bicyclic) bond motifs is 3. The molecule has 1 saturated heterocycles. The van der Waals surface area contributed by atoms with Gasteiger partial charge in [0.15, 0.2) is 5.58 Å². The molecule has 5 heterocycles. The zero-order chi connectivity index (χ0) is 25.8. The average Bonchev–Trinajstić information content (AvgIpc) is 3.60. The van der Waals surface area contributed by atoms with Gasteiger partial charge < -0.3 is 9.15 Å². The second-order valence-electron chi connectivity index (χ2n) is 9.81. The third-order valence-corrected chi connectivity index (χ3v) is 7.17. The highest BCUT2D eigenvalue weighted by molar-refractivity contribution is 6.08. The Hall–Kier alpha value is -4.23. The third-order valence-electron chi connectivity index (χ3n) is 7.17. The number of benzene rings is 1. The Morgan fingerprint density at radius 3 is 2.49 bits per heavy atom. The van der Waals surface area contributed by atoms with Crippen molar-refractivity contribution in [1.82, 2.24) is 29.1 Å². The summed E-state index contributed by atoms with van der Waals surface area (Å²) in [7, 11) is 3.65. The molecule has 1 aliphatic rings. The van der Waals surface area contributed by atoms with E-state index in [0.717, 1.165) is 22.9 Å². The Labute approximate surface area is 212 Å². The summed E-state index contributed by atoms with van der Waals surface area (Å²) in [4.78, 5) is 18.2. The maximum absolute atomic E-state index is 13.7. The van der Waals surface area contributed by atoms with E-state index in [1.165, 1.54) is 0 Å². The summed E-state index contributed by atoms with van der Waals surface area (Å²) in [6.45, 7) is 4.14. The lowest BCUT2D eigenvalue weighted by atomic mass is 9.96. The lowest BCUT2D eigenvalue weighted by molar-refractivity contribution is -0.0594. The van der Waals surface area contributed by atoms with Crippen molar-refractivity contribution < 1.29 is 9.15 Å². The third kappa shape index (κ3) is 3.83. The van der Waals surface area contributed by atoms with Crippen LogP contribution >= 0.6 is 0 Å². The van der Waals surface area contributed by atoms with Crippen molar-refractivity contribution >= 4 is 22.1 Å². The van der Waals surface area contributed by atoms with E-state index >= 15 is 0 Å². The van der Waals surface area contributed by atoms with Gasteiger partial charge in [-0.05, 0) is 38.3 Å². The lowest BCUT2D eigenvalue weighted by Crippen LogP contribution is -2.37. The Morgan fingerprint density at radius 1 is 1.11 bits per heavy atom. The summed E-state index contributed by atoms with van der Waals surface area (Å²) in [6.07, 6.45) is 9.41. The standard InChI is InChI=1S/C27H27N7O3/c1-5-20-8-19(6-15(2)36-20)34-25-22-9-21(17-11-29-32(3)13-17)16(10-28)7-23(22)37-26(25)24(31-27(34)35)18-12-30-33(4)14-18/h7,9,11-15,19-20H,5-6,8H2,1-4H3/t15-,19?,20+/m1/s1. The van der Waals surface area contributed by atoms with Crippen LogP contribution in [0.15, 0.2) is 46.1 Å². The summed E-state index contributed by atoms with van der Waals surface area (Å²) in [5.74, 6) is 0. The average molecular weight is 498 g/mol. The molecule has 1 unspecified atom stereocenters. The van der Waals surface area contributed by atoms with Crippen LogP contribution in [0, 0.1) is 11.3 Å². The van der Waals surface area contributed by atoms with Crippen LogP contribution in [0.4, 0.5) is 0 Å². The number of nitrogens with zero attached hydrogens (tertiary/aromatic N) is 7. The van der Waals surface area contributed by atoms with Gasteiger partial charge in [-0.25, -0.2) is 4.79 Å². The molecule has 37 heavy (non-hydrogen) atoms. The molecule has 6 rings (SSSR count). The van der Waals surface area contributed by atoms with Crippen molar-refractivity contribution in [2.75, 3.05) is 0 Å². The highest BCUT2D eigenvalue weighted by Crippen LogP contribution is 2.40. The molecule has 0 bridgehead atoms. The maximum Gasteiger partial charge on any atom is 0.349 e. The van der Waals surface area contributed by atoms with E-state index in [1.54, 1.807) is 32.4 Å². The van der Waals surface area contributed by atoms with E-state index in [2.05, 4.69) is 28.2 Å². The van der Waals surface area contributed by atoms with Crippen LogP contribution in [-0.4, -0.2) is 41.3 Å². The van der Waals surface area contributed by atoms with Crippen LogP contribution in [0.5, 0.6) is 0 Å². The quantitative estimate of drug-likeness (QED) is 0.363. The Morgan fingerprint density at radius 2 is 1.84 bits per heavy atom. The number of ether oxygens (including phenoxy) is 1. The van der Waals surface area contributed by atoms with Crippen molar-refractivity contribution in [3.8, 4) is 28.5 Å². The normalized spacial score (nSPS) is 20.0. The van der Waals surface area contributed by atoms with Gasteiger partial charge >= 0.3 is 5.69 Å². The number of furan rings is 1. The highest BCUT2D eigenvalue weighted by atomic mass is 16.5. The summed E-state index contributed by atoms with van der Waals surface area (Å²) in [5.41, 5.74) is 4.51. The van der Waals surface area contributed by atoms with Gasteiger partial charge in [-0.2, -0.15) is 20.4 Å². The van der Waals surface area contributed by atoms with Gasteiger partial charge in [0.05, 0.1) is 36.2 Å². The fourth-order valence-corrected chi connectivity index (χ4v) is 5.49. The first-order chi connectivity index (χ1) is 17.9. The smallest absolute Gasteiger partial charge is 0.349 e. The van der Waals surface area contributed by atoms with E-state index in [1.807, 2.05) is 39.5 Å². The second kappa shape index (κ2) is 8.71. The van der Waals surface area contributed by atoms with Crippen molar-refractivity contribution in [1.29, 1.82) is 5.26 Å². The van der Waals surface area contributed by atoms with Crippen molar-refractivity contribution in [2.24, 2.45) is 14.1 Å². The van der Waals surface area contributed by atoms with Crippen molar-refractivity contribution in [2.45, 2.75) is 51.4 Å². The minimum atomic E-state index is -0.338. The molecule has 188 valence electrons. The SMILES string of the molecule is CC[C@H]1CC(n2c(=O)nc(-c3cnn(C)c3)c3oc4cc(C#N)c(-c5cnn(C)c5)cc4c32)C[C@@H](C)O1. The van der Waals surface area contributed by atoms with Gasteiger partial charge in [0.25, 0.3) is 0 Å². The molecule has 1 aliphatic heterocycles. The van der Waals surface area contributed by atoms with E-state index in [0.29, 0.717) is 46.3 Å². The highest BCUT2D eigenvalue weighted by Gasteiger charge is 2.32. The molecule has 10 heteroatoms. The Balaban J connectivity index is 1.69. The molecule has 0 N–H and O–H groups in total. The zero-order valence-corrected chi connectivity index (χ0v) is 21.2. The number of nitriles is 1. The van der Waals surface area contributed by atoms with Crippen LogP contribution < -0.4 is 5.69 Å². The molecule has 10 nitrogen and oxygen atoms in total. The molecule has 0 amide bonds. The Kier molecular flexibility index (Phi) is 5.46. The summed E-state index contributed by atoms with van der Waals surface area (Å²) >= 11 is 0. The molecule has 0 aliphatic carbocycles. The molecule has 0 radical (unpaired) electrons. The molecule has 1 aromatic carbocycles. The predicted octanol–water partition coefficient (Wildman–Crippen LogP) is 4.33. The molecule has 4 aromatic heterocycles. The molecule has 1 fully saturated rings. The van der Waals surface area contributed by atoms with Crippen LogP contribution in [0.2, 0.25) is 0 Å². The largest absolute Gasteiger partial charge is 0.452 e. The molecular weight excluding hydrogens is 470 g/mol. The van der Waals surface area contributed by atoms with Gasteiger partial charge in [-0.3, -0.25) is 13.9 Å². The number of aromatic nitrogens is 6. The molecule has 5 aromatic rings. The minimum absolute atomic E-state index is 0.0120. The van der Waals surface area contributed by atoms with Crippen molar-refractivity contribution in [3.63, 3.8) is 0 Å². The maximum atomic E-state index is 13.7. The zero-order valence-electron chi connectivity index (χ0n) is 21.2. The molecule has 0 saturated carbocycles. The number of aryl methyl sites for hydroxylation is 2. The van der Waals surface area contributed by atoms with Gasteiger partial charge in [0.1, 0.15) is 16.8 Å². The minimum Gasteiger partial charge on any atom is -0.452 e.